The monoisotopic (exact) mass is 331 g/mol. The number of H-pyrrole nitrogens is 1. The van der Waals surface area contributed by atoms with Crippen LogP contribution >= 0.6 is 11.8 Å². The van der Waals surface area contributed by atoms with Gasteiger partial charge in [-0.3, -0.25) is 14.8 Å². The minimum Gasteiger partial charge on any atom is -0.325 e. The summed E-state index contributed by atoms with van der Waals surface area (Å²) in [6.45, 7) is 5.01. The number of thioether (sulfide) groups is 1. The number of likely N-dealkylation sites (tertiary alicyclic amines) is 1. The van der Waals surface area contributed by atoms with Crippen molar-refractivity contribution in [3.8, 4) is 0 Å². The van der Waals surface area contributed by atoms with Crippen molar-refractivity contribution in [3.63, 3.8) is 0 Å². The molecule has 0 radical (unpaired) electrons. The largest absolute Gasteiger partial charge is 0.325 e. The molecule has 1 amide bonds. The maximum Gasteiger partial charge on any atom is 0.234 e. The summed E-state index contributed by atoms with van der Waals surface area (Å²) in [6.07, 6.45) is 2.53. The molecule has 23 heavy (non-hydrogen) atoms. The summed E-state index contributed by atoms with van der Waals surface area (Å²) in [4.78, 5) is 18.8. The van der Waals surface area contributed by atoms with Crippen LogP contribution in [0, 0.1) is 6.92 Å². The zero-order valence-electron chi connectivity index (χ0n) is 13.2. The first-order chi connectivity index (χ1) is 11.2. The van der Waals surface area contributed by atoms with E-state index in [1.54, 1.807) is 0 Å². The van der Waals surface area contributed by atoms with E-state index >= 15 is 0 Å². The lowest BCUT2D eigenvalue weighted by Gasteiger charge is -2.17. The third-order valence-corrected chi connectivity index (χ3v) is 4.64. The lowest BCUT2D eigenvalue weighted by Crippen LogP contribution is -2.21. The third-order valence-electron chi connectivity index (χ3n) is 3.79. The van der Waals surface area contributed by atoms with Gasteiger partial charge in [-0.15, -0.1) is 5.10 Å². The topological polar surface area (TPSA) is 73.9 Å². The lowest BCUT2D eigenvalue weighted by molar-refractivity contribution is -0.113. The zero-order chi connectivity index (χ0) is 16.1. The van der Waals surface area contributed by atoms with Crippen LogP contribution in [0.4, 0.5) is 5.69 Å². The van der Waals surface area contributed by atoms with E-state index < -0.39 is 0 Å². The van der Waals surface area contributed by atoms with Crippen molar-refractivity contribution >= 4 is 23.4 Å². The van der Waals surface area contributed by atoms with Gasteiger partial charge in [-0.25, -0.2) is 4.98 Å². The highest BCUT2D eigenvalue weighted by molar-refractivity contribution is 7.99. The van der Waals surface area contributed by atoms with Crippen molar-refractivity contribution in [3.05, 3.63) is 35.7 Å². The van der Waals surface area contributed by atoms with E-state index in [1.165, 1.54) is 30.2 Å². The molecule has 2 N–H and O–H groups in total. The first-order valence-corrected chi connectivity index (χ1v) is 8.81. The van der Waals surface area contributed by atoms with Gasteiger partial charge in [0, 0.05) is 12.2 Å². The molecule has 1 aliphatic heterocycles. The summed E-state index contributed by atoms with van der Waals surface area (Å²) in [7, 11) is 0. The number of aromatic nitrogens is 3. The highest BCUT2D eigenvalue weighted by Crippen LogP contribution is 2.20. The Morgan fingerprint density at radius 2 is 2.13 bits per heavy atom. The number of hydrogen-bond donors (Lipinski definition) is 2. The molecule has 1 saturated heterocycles. The van der Waals surface area contributed by atoms with Crippen LogP contribution in [0.1, 0.15) is 24.2 Å². The lowest BCUT2D eigenvalue weighted by atomic mass is 10.1. The number of nitrogens with zero attached hydrogens (tertiary/aromatic N) is 3. The smallest absolute Gasteiger partial charge is 0.234 e. The van der Waals surface area contributed by atoms with Crippen LogP contribution in [0.25, 0.3) is 0 Å². The Morgan fingerprint density at radius 3 is 2.87 bits per heavy atom. The number of amides is 1. The summed E-state index contributed by atoms with van der Waals surface area (Å²) >= 11 is 1.33. The first kappa shape index (κ1) is 16.0. The Hall–Kier alpha value is -1.86. The molecule has 0 saturated carbocycles. The number of aryl methyl sites for hydroxylation is 1. The molecule has 122 valence electrons. The van der Waals surface area contributed by atoms with Crippen molar-refractivity contribution in [2.75, 3.05) is 24.2 Å². The molecule has 1 aliphatic rings. The molecule has 0 unspecified atom stereocenters. The van der Waals surface area contributed by atoms with Crippen LogP contribution in [-0.4, -0.2) is 44.8 Å². The van der Waals surface area contributed by atoms with Crippen molar-refractivity contribution in [2.45, 2.75) is 31.5 Å². The van der Waals surface area contributed by atoms with Gasteiger partial charge in [0.2, 0.25) is 11.1 Å². The fraction of sp³-hybridized carbons (Fsp3) is 0.438. The van der Waals surface area contributed by atoms with E-state index in [0.717, 1.165) is 31.1 Å². The second-order valence-corrected chi connectivity index (χ2v) is 6.62. The van der Waals surface area contributed by atoms with Crippen molar-refractivity contribution < 1.29 is 4.79 Å². The molecule has 6 nitrogen and oxygen atoms in total. The van der Waals surface area contributed by atoms with Gasteiger partial charge in [-0.05, 0) is 44.5 Å². The van der Waals surface area contributed by atoms with Crippen LogP contribution in [0.5, 0.6) is 0 Å². The first-order valence-electron chi connectivity index (χ1n) is 7.82. The van der Waals surface area contributed by atoms with Gasteiger partial charge in [0.1, 0.15) is 5.82 Å². The maximum atomic E-state index is 12.2. The fourth-order valence-corrected chi connectivity index (χ4v) is 3.31. The summed E-state index contributed by atoms with van der Waals surface area (Å²) < 4.78 is 0. The normalized spacial score (nSPS) is 15.0. The Labute approximate surface area is 140 Å². The van der Waals surface area contributed by atoms with Gasteiger partial charge >= 0.3 is 0 Å². The van der Waals surface area contributed by atoms with Crippen molar-refractivity contribution in [1.82, 2.24) is 20.1 Å². The van der Waals surface area contributed by atoms with E-state index in [-0.39, 0.29) is 5.91 Å². The van der Waals surface area contributed by atoms with E-state index in [2.05, 4.69) is 31.5 Å². The molecule has 2 heterocycles. The molecular formula is C16H21N5OS. The van der Waals surface area contributed by atoms with E-state index in [0.29, 0.717) is 10.9 Å². The van der Waals surface area contributed by atoms with Crippen molar-refractivity contribution in [2.24, 2.45) is 0 Å². The van der Waals surface area contributed by atoms with Crippen LogP contribution < -0.4 is 5.32 Å². The van der Waals surface area contributed by atoms with Gasteiger partial charge in [-0.1, -0.05) is 30.0 Å². The van der Waals surface area contributed by atoms with E-state index in [1.807, 2.05) is 25.1 Å². The number of para-hydroxylation sites is 1. The average molecular weight is 331 g/mol. The van der Waals surface area contributed by atoms with E-state index in [9.17, 15) is 4.79 Å². The Balaban J connectivity index is 1.57. The quantitative estimate of drug-likeness (QED) is 0.795. The average Bonchev–Trinajstić information content (AvgIpc) is 3.19. The van der Waals surface area contributed by atoms with Gasteiger partial charge in [-0.2, -0.15) is 0 Å². The zero-order valence-corrected chi connectivity index (χ0v) is 14.0. The highest BCUT2D eigenvalue weighted by atomic mass is 32.2. The van der Waals surface area contributed by atoms with Gasteiger partial charge in [0.05, 0.1) is 5.75 Å². The summed E-state index contributed by atoms with van der Waals surface area (Å²) in [5.41, 5.74) is 2.07. The molecule has 3 rings (SSSR count). The van der Waals surface area contributed by atoms with Crippen LogP contribution in [0.3, 0.4) is 0 Å². The molecule has 2 aromatic rings. The molecular weight excluding hydrogens is 310 g/mol. The Morgan fingerprint density at radius 1 is 1.35 bits per heavy atom. The summed E-state index contributed by atoms with van der Waals surface area (Å²) in [5.74, 6) is 1.02. The Kier molecular flexibility index (Phi) is 5.30. The number of carbonyl (C=O) groups is 1. The highest BCUT2D eigenvalue weighted by Gasteiger charge is 2.14. The predicted molar refractivity (Wildman–Crippen MR) is 91.4 cm³/mol. The number of carbonyl (C=O) groups excluding carboxylic acids is 1. The molecule has 1 aromatic heterocycles. The number of aromatic amines is 1. The molecule has 1 aromatic carbocycles. The minimum atomic E-state index is -0.0358. The third kappa shape index (κ3) is 4.56. The number of anilines is 1. The standard InChI is InChI=1S/C16H21N5OS/c1-12-17-16(20-19-12)23-11-15(22)18-14-7-3-2-6-13(14)10-21-8-4-5-9-21/h2-3,6-7H,4-5,8-11H2,1H3,(H,18,22)(H,17,19,20). The van der Waals surface area contributed by atoms with Gasteiger partial charge < -0.3 is 5.32 Å². The summed E-state index contributed by atoms with van der Waals surface area (Å²) in [6, 6.07) is 8.02. The predicted octanol–water partition coefficient (Wildman–Crippen LogP) is 2.44. The van der Waals surface area contributed by atoms with Gasteiger partial charge in [0.15, 0.2) is 0 Å². The van der Waals surface area contributed by atoms with Crippen LogP contribution in [-0.2, 0) is 11.3 Å². The van der Waals surface area contributed by atoms with E-state index in [4.69, 9.17) is 0 Å². The molecule has 1 fully saturated rings. The maximum absolute atomic E-state index is 12.2. The number of benzene rings is 1. The second kappa shape index (κ2) is 7.61. The van der Waals surface area contributed by atoms with Crippen LogP contribution in [0.15, 0.2) is 29.4 Å². The van der Waals surface area contributed by atoms with Gasteiger partial charge in [0.25, 0.3) is 0 Å². The second-order valence-electron chi connectivity index (χ2n) is 5.68. The number of hydrogen-bond acceptors (Lipinski definition) is 5. The SMILES string of the molecule is Cc1nc(SCC(=O)Nc2ccccc2CN2CCCC2)n[nH]1. The summed E-state index contributed by atoms with van der Waals surface area (Å²) in [5, 5.41) is 10.4. The molecule has 0 aliphatic carbocycles. The molecule has 0 spiro atoms. The number of nitrogens with one attached hydrogen (secondary N) is 2. The molecule has 0 atom stereocenters. The Bertz CT molecular complexity index is 666. The minimum absolute atomic E-state index is 0.0358. The van der Waals surface area contributed by atoms with Crippen LogP contribution in [0.2, 0.25) is 0 Å². The molecule has 0 bridgehead atoms. The van der Waals surface area contributed by atoms with Crippen molar-refractivity contribution in [1.29, 1.82) is 0 Å². The fourth-order valence-electron chi connectivity index (χ4n) is 2.66. The molecule has 7 heteroatoms. The number of rotatable bonds is 6.